The van der Waals surface area contributed by atoms with Crippen molar-refractivity contribution in [3.05, 3.63) is 17.6 Å². The van der Waals surface area contributed by atoms with Gasteiger partial charge in [0.1, 0.15) is 12.1 Å². The van der Waals surface area contributed by atoms with Gasteiger partial charge >= 0.3 is 0 Å². The van der Waals surface area contributed by atoms with E-state index >= 15 is 0 Å². The molecule has 1 N–H and O–H groups in total. The first-order valence-corrected chi connectivity index (χ1v) is 6.23. The molecule has 2 aliphatic rings. The molecule has 0 aliphatic carbocycles. The lowest BCUT2D eigenvalue weighted by molar-refractivity contribution is 0.708. The Morgan fingerprint density at radius 1 is 1.06 bits per heavy atom. The van der Waals surface area contributed by atoms with Crippen LogP contribution < -0.4 is 10.2 Å². The van der Waals surface area contributed by atoms with Crippen LogP contribution in [0.15, 0.2) is 6.33 Å². The average molecular weight is 218 g/mol. The molecule has 3 heterocycles. The Morgan fingerprint density at radius 2 is 1.88 bits per heavy atom. The molecule has 1 fully saturated rings. The van der Waals surface area contributed by atoms with Crippen LogP contribution in [0.5, 0.6) is 0 Å². The molecule has 2 aliphatic heterocycles. The molecule has 86 valence electrons. The van der Waals surface area contributed by atoms with Crippen molar-refractivity contribution in [2.45, 2.75) is 25.7 Å². The fourth-order valence-electron chi connectivity index (χ4n) is 2.66. The molecule has 0 saturated carbocycles. The smallest absolute Gasteiger partial charge is 0.135 e. The minimum Gasteiger partial charge on any atom is -0.356 e. The van der Waals surface area contributed by atoms with Crippen molar-refractivity contribution < 1.29 is 0 Å². The van der Waals surface area contributed by atoms with Crippen LogP contribution in [-0.4, -0.2) is 36.1 Å². The quantitative estimate of drug-likeness (QED) is 0.756. The number of hydrogen-bond donors (Lipinski definition) is 1. The highest BCUT2D eigenvalue weighted by atomic mass is 15.2. The lowest BCUT2D eigenvalue weighted by Gasteiger charge is -2.20. The first-order valence-electron chi connectivity index (χ1n) is 6.23. The maximum atomic E-state index is 4.50. The molecule has 0 atom stereocenters. The van der Waals surface area contributed by atoms with Crippen molar-refractivity contribution in [1.29, 1.82) is 0 Å². The van der Waals surface area contributed by atoms with Crippen molar-refractivity contribution in [3.63, 3.8) is 0 Å². The van der Waals surface area contributed by atoms with Gasteiger partial charge in [-0.2, -0.15) is 0 Å². The summed E-state index contributed by atoms with van der Waals surface area (Å²) in [6.45, 7) is 4.43. The summed E-state index contributed by atoms with van der Waals surface area (Å²) in [5.74, 6) is 1.20. The second kappa shape index (κ2) is 4.37. The summed E-state index contributed by atoms with van der Waals surface area (Å²) in [6.07, 6.45) is 6.45. The van der Waals surface area contributed by atoms with Gasteiger partial charge in [0.2, 0.25) is 0 Å². The summed E-state index contributed by atoms with van der Waals surface area (Å²) in [4.78, 5) is 11.4. The highest BCUT2D eigenvalue weighted by Gasteiger charge is 2.20. The lowest BCUT2D eigenvalue weighted by atomic mass is 10.1. The molecule has 4 heteroatoms. The first kappa shape index (κ1) is 10.0. The molecule has 0 radical (unpaired) electrons. The maximum absolute atomic E-state index is 4.50. The second-order valence-corrected chi connectivity index (χ2v) is 4.57. The summed E-state index contributed by atoms with van der Waals surface area (Å²) in [5, 5.41) is 3.43. The van der Waals surface area contributed by atoms with Gasteiger partial charge in [-0.15, -0.1) is 0 Å². The van der Waals surface area contributed by atoms with E-state index in [4.69, 9.17) is 0 Å². The highest BCUT2D eigenvalue weighted by molar-refractivity contribution is 5.49. The van der Waals surface area contributed by atoms with Crippen molar-refractivity contribution in [2.24, 2.45) is 0 Å². The Bertz CT molecular complexity index is 371. The number of nitrogens with zero attached hydrogens (tertiary/aromatic N) is 3. The fourth-order valence-corrected chi connectivity index (χ4v) is 2.66. The number of hydrogen-bond acceptors (Lipinski definition) is 4. The van der Waals surface area contributed by atoms with Gasteiger partial charge in [-0.05, 0) is 25.8 Å². The zero-order chi connectivity index (χ0) is 10.8. The van der Waals surface area contributed by atoms with Crippen molar-refractivity contribution in [2.75, 3.05) is 31.1 Å². The largest absolute Gasteiger partial charge is 0.356 e. The summed E-state index contributed by atoms with van der Waals surface area (Å²) >= 11 is 0. The van der Waals surface area contributed by atoms with Crippen molar-refractivity contribution >= 4 is 5.82 Å². The van der Waals surface area contributed by atoms with Crippen LogP contribution in [0, 0.1) is 0 Å². The minimum atomic E-state index is 1.04. The molecular formula is C12H18N4. The molecule has 0 aromatic carbocycles. The van der Waals surface area contributed by atoms with Crippen LogP contribution in [0.1, 0.15) is 24.1 Å². The van der Waals surface area contributed by atoms with E-state index in [2.05, 4.69) is 20.2 Å². The number of rotatable bonds is 1. The standard InChI is InChI=1S/C12H18N4/c1-2-8-16(7-1)12-10-3-5-13-6-4-11(10)14-9-15-12/h9,13H,1-8H2. The molecule has 0 unspecified atom stereocenters. The molecule has 0 spiro atoms. The average Bonchev–Trinajstić information content (AvgIpc) is 2.73. The molecule has 1 saturated heterocycles. The van der Waals surface area contributed by atoms with Crippen LogP contribution in [0.4, 0.5) is 5.82 Å². The van der Waals surface area contributed by atoms with Crippen LogP contribution in [-0.2, 0) is 12.8 Å². The van der Waals surface area contributed by atoms with Gasteiger partial charge in [-0.1, -0.05) is 0 Å². The van der Waals surface area contributed by atoms with E-state index in [0.29, 0.717) is 0 Å². The number of nitrogens with one attached hydrogen (secondary N) is 1. The van der Waals surface area contributed by atoms with Crippen LogP contribution >= 0.6 is 0 Å². The third-order valence-corrected chi connectivity index (χ3v) is 3.51. The first-order chi connectivity index (χ1) is 7.95. The molecule has 1 aromatic rings. The Kier molecular flexibility index (Phi) is 2.74. The zero-order valence-electron chi connectivity index (χ0n) is 9.58. The monoisotopic (exact) mass is 218 g/mol. The normalized spacial score (nSPS) is 20.6. The topological polar surface area (TPSA) is 41.1 Å². The van der Waals surface area contributed by atoms with E-state index in [0.717, 1.165) is 39.0 Å². The summed E-state index contributed by atoms with van der Waals surface area (Å²) < 4.78 is 0. The minimum absolute atomic E-state index is 1.04. The van der Waals surface area contributed by atoms with Crippen LogP contribution in [0.25, 0.3) is 0 Å². The molecule has 1 aromatic heterocycles. The predicted molar refractivity (Wildman–Crippen MR) is 63.8 cm³/mol. The highest BCUT2D eigenvalue weighted by Crippen LogP contribution is 2.25. The Hall–Kier alpha value is -1.16. The number of anilines is 1. The Morgan fingerprint density at radius 3 is 2.75 bits per heavy atom. The molecule has 3 rings (SSSR count). The lowest BCUT2D eigenvalue weighted by Crippen LogP contribution is -2.22. The molecule has 0 bridgehead atoms. The van der Waals surface area contributed by atoms with E-state index in [1.54, 1.807) is 6.33 Å². The second-order valence-electron chi connectivity index (χ2n) is 4.57. The van der Waals surface area contributed by atoms with E-state index in [1.165, 1.54) is 29.9 Å². The van der Waals surface area contributed by atoms with Gasteiger partial charge in [-0.25, -0.2) is 9.97 Å². The van der Waals surface area contributed by atoms with Crippen molar-refractivity contribution in [1.82, 2.24) is 15.3 Å². The number of aromatic nitrogens is 2. The SMILES string of the molecule is c1nc2c(c(N3CCCC3)n1)CCNCC2. The molecule has 4 nitrogen and oxygen atoms in total. The van der Waals surface area contributed by atoms with E-state index in [-0.39, 0.29) is 0 Å². The van der Waals surface area contributed by atoms with Crippen molar-refractivity contribution in [3.8, 4) is 0 Å². The molecule has 16 heavy (non-hydrogen) atoms. The molecule has 0 amide bonds. The number of fused-ring (bicyclic) bond motifs is 1. The summed E-state index contributed by atoms with van der Waals surface area (Å²) in [5.41, 5.74) is 2.64. The van der Waals surface area contributed by atoms with Crippen LogP contribution in [0.3, 0.4) is 0 Å². The molecular weight excluding hydrogens is 200 g/mol. The zero-order valence-corrected chi connectivity index (χ0v) is 9.58. The van der Waals surface area contributed by atoms with Gasteiger partial charge in [-0.3, -0.25) is 0 Å². The Balaban J connectivity index is 1.97. The third-order valence-electron chi connectivity index (χ3n) is 3.51. The third kappa shape index (κ3) is 1.78. The van der Waals surface area contributed by atoms with Gasteiger partial charge < -0.3 is 10.2 Å². The summed E-state index contributed by atoms with van der Waals surface area (Å²) in [7, 11) is 0. The van der Waals surface area contributed by atoms with Gasteiger partial charge in [0, 0.05) is 31.6 Å². The Labute approximate surface area is 96.1 Å². The van der Waals surface area contributed by atoms with Crippen LogP contribution in [0.2, 0.25) is 0 Å². The predicted octanol–water partition coefficient (Wildman–Crippen LogP) is 0.765. The van der Waals surface area contributed by atoms with Gasteiger partial charge in [0.15, 0.2) is 0 Å². The maximum Gasteiger partial charge on any atom is 0.135 e. The summed E-state index contributed by atoms with van der Waals surface area (Å²) in [6, 6.07) is 0. The van der Waals surface area contributed by atoms with E-state index in [1.807, 2.05) is 0 Å². The van der Waals surface area contributed by atoms with E-state index < -0.39 is 0 Å². The van der Waals surface area contributed by atoms with Gasteiger partial charge in [0.05, 0.1) is 5.69 Å². The van der Waals surface area contributed by atoms with E-state index in [9.17, 15) is 0 Å². The van der Waals surface area contributed by atoms with Gasteiger partial charge in [0.25, 0.3) is 0 Å². The fraction of sp³-hybridized carbons (Fsp3) is 0.667.